The molecule has 1 saturated heterocycles. The summed E-state index contributed by atoms with van der Waals surface area (Å²) in [6.45, 7) is 8.24. The fourth-order valence-corrected chi connectivity index (χ4v) is 4.40. The van der Waals surface area contributed by atoms with Gasteiger partial charge in [0.2, 0.25) is 0 Å². The van der Waals surface area contributed by atoms with Crippen molar-refractivity contribution in [2.75, 3.05) is 6.54 Å². The van der Waals surface area contributed by atoms with Crippen LogP contribution in [-0.2, 0) is 4.74 Å². The lowest BCUT2D eigenvalue weighted by atomic mass is 9.74. The summed E-state index contributed by atoms with van der Waals surface area (Å²) < 4.78 is 6.63. The highest BCUT2D eigenvalue weighted by molar-refractivity contribution is 4.99. The minimum Gasteiger partial charge on any atom is -0.369 e. The first kappa shape index (κ1) is 13.9. The standard InChI is InChI=1S/C17H31NO/c1-12(2)14-4-5-16-15(10-14)18-11-17(19-16)8-6-13(3)7-9-17/h12-16,18H,4-11H2,1-3H3. The molecule has 1 heterocycles. The Morgan fingerprint density at radius 3 is 2.53 bits per heavy atom. The molecule has 110 valence electrons. The van der Waals surface area contributed by atoms with E-state index in [1.807, 2.05) is 0 Å². The predicted octanol–water partition coefficient (Wildman–Crippen LogP) is 3.75. The summed E-state index contributed by atoms with van der Waals surface area (Å²) in [5, 5.41) is 3.86. The van der Waals surface area contributed by atoms with Gasteiger partial charge >= 0.3 is 0 Å². The van der Waals surface area contributed by atoms with Crippen LogP contribution < -0.4 is 5.32 Å². The van der Waals surface area contributed by atoms with Crippen molar-refractivity contribution < 1.29 is 4.74 Å². The van der Waals surface area contributed by atoms with E-state index < -0.39 is 0 Å². The van der Waals surface area contributed by atoms with Crippen molar-refractivity contribution in [3.05, 3.63) is 0 Å². The third-order valence-corrected chi connectivity index (χ3v) is 6.04. The maximum atomic E-state index is 6.63. The summed E-state index contributed by atoms with van der Waals surface area (Å²) >= 11 is 0. The molecule has 2 aliphatic carbocycles. The van der Waals surface area contributed by atoms with Crippen molar-refractivity contribution in [1.82, 2.24) is 5.32 Å². The van der Waals surface area contributed by atoms with Crippen LogP contribution in [0.4, 0.5) is 0 Å². The fourth-order valence-electron chi connectivity index (χ4n) is 4.40. The van der Waals surface area contributed by atoms with Gasteiger partial charge in [0.1, 0.15) is 0 Å². The second-order valence-corrected chi connectivity index (χ2v) is 7.83. The molecule has 3 rings (SSSR count). The number of fused-ring (bicyclic) bond motifs is 1. The number of hydrogen-bond donors (Lipinski definition) is 1. The Balaban J connectivity index is 1.60. The second-order valence-electron chi connectivity index (χ2n) is 7.83. The summed E-state index contributed by atoms with van der Waals surface area (Å²) in [6.07, 6.45) is 9.73. The molecule has 3 unspecified atom stereocenters. The van der Waals surface area contributed by atoms with Crippen LogP contribution in [0.3, 0.4) is 0 Å². The van der Waals surface area contributed by atoms with E-state index in [0.717, 1.165) is 24.3 Å². The van der Waals surface area contributed by atoms with Crippen molar-refractivity contribution in [3.8, 4) is 0 Å². The highest BCUT2D eigenvalue weighted by Gasteiger charge is 2.45. The monoisotopic (exact) mass is 265 g/mol. The minimum absolute atomic E-state index is 0.193. The number of hydrogen-bond acceptors (Lipinski definition) is 2. The average Bonchev–Trinajstić information content (AvgIpc) is 2.42. The summed E-state index contributed by atoms with van der Waals surface area (Å²) in [5.41, 5.74) is 0.193. The molecule has 0 aromatic carbocycles. The molecular formula is C17H31NO. The van der Waals surface area contributed by atoms with Crippen LogP contribution in [0.25, 0.3) is 0 Å². The third kappa shape index (κ3) is 2.85. The van der Waals surface area contributed by atoms with Gasteiger partial charge in [0.15, 0.2) is 0 Å². The second kappa shape index (κ2) is 5.37. The molecule has 3 atom stereocenters. The normalized spacial score (nSPS) is 47.4. The summed E-state index contributed by atoms with van der Waals surface area (Å²) in [4.78, 5) is 0. The zero-order valence-corrected chi connectivity index (χ0v) is 13.0. The molecule has 0 amide bonds. The van der Waals surface area contributed by atoms with Crippen LogP contribution >= 0.6 is 0 Å². The van der Waals surface area contributed by atoms with Gasteiger partial charge in [-0.1, -0.05) is 20.8 Å². The lowest BCUT2D eigenvalue weighted by Gasteiger charge is -2.51. The Hall–Kier alpha value is -0.0800. The largest absolute Gasteiger partial charge is 0.369 e. The first-order valence-corrected chi connectivity index (χ1v) is 8.49. The van der Waals surface area contributed by atoms with Gasteiger partial charge in [-0.05, 0) is 62.7 Å². The lowest BCUT2D eigenvalue weighted by molar-refractivity contribution is -0.168. The van der Waals surface area contributed by atoms with Crippen LogP contribution in [0, 0.1) is 17.8 Å². The molecule has 3 fully saturated rings. The quantitative estimate of drug-likeness (QED) is 0.779. The number of nitrogens with one attached hydrogen (secondary N) is 1. The Morgan fingerprint density at radius 2 is 1.84 bits per heavy atom. The van der Waals surface area contributed by atoms with E-state index in [4.69, 9.17) is 4.74 Å². The van der Waals surface area contributed by atoms with Gasteiger partial charge in [-0.3, -0.25) is 0 Å². The first-order chi connectivity index (χ1) is 9.08. The topological polar surface area (TPSA) is 21.3 Å². The SMILES string of the molecule is CC1CCC2(CC1)CNC1CC(C(C)C)CCC1O2. The molecule has 2 heteroatoms. The summed E-state index contributed by atoms with van der Waals surface area (Å²) in [5.74, 6) is 2.63. The Labute approximate surface area is 118 Å². The Kier molecular flexibility index (Phi) is 3.92. The van der Waals surface area contributed by atoms with Crippen molar-refractivity contribution in [1.29, 1.82) is 0 Å². The molecule has 1 aliphatic heterocycles. The molecule has 2 nitrogen and oxygen atoms in total. The molecule has 1 spiro atoms. The third-order valence-electron chi connectivity index (χ3n) is 6.04. The number of ether oxygens (including phenoxy) is 1. The zero-order chi connectivity index (χ0) is 13.5. The van der Waals surface area contributed by atoms with Crippen LogP contribution in [0.5, 0.6) is 0 Å². The maximum absolute atomic E-state index is 6.63. The van der Waals surface area contributed by atoms with Gasteiger partial charge in [0.05, 0.1) is 11.7 Å². The Bertz CT molecular complexity index is 306. The highest BCUT2D eigenvalue weighted by atomic mass is 16.5. The summed E-state index contributed by atoms with van der Waals surface area (Å²) in [7, 11) is 0. The molecule has 1 N–H and O–H groups in total. The van der Waals surface area contributed by atoms with E-state index in [1.165, 1.54) is 44.9 Å². The van der Waals surface area contributed by atoms with E-state index >= 15 is 0 Å². The van der Waals surface area contributed by atoms with Crippen molar-refractivity contribution >= 4 is 0 Å². The van der Waals surface area contributed by atoms with Crippen LogP contribution in [0.1, 0.15) is 65.7 Å². The van der Waals surface area contributed by atoms with E-state index in [-0.39, 0.29) is 5.60 Å². The molecule has 0 radical (unpaired) electrons. The molecule has 0 bridgehead atoms. The molecule has 3 aliphatic rings. The highest BCUT2D eigenvalue weighted by Crippen LogP contribution is 2.41. The smallest absolute Gasteiger partial charge is 0.0811 e. The molecule has 0 aromatic heterocycles. The van der Waals surface area contributed by atoms with Gasteiger partial charge in [-0.2, -0.15) is 0 Å². The number of morpholine rings is 1. The van der Waals surface area contributed by atoms with Crippen molar-refractivity contribution in [3.63, 3.8) is 0 Å². The lowest BCUT2D eigenvalue weighted by Crippen LogP contribution is -2.61. The van der Waals surface area contributed by atoms with Crippen molar-refractivity contribution in [2.24, 2.45) is 17.8 Å². The van der Waals surface area contributed by atoms with E-state index in [2.05, 4.69) is 26.1 Å². The molecule has 19 heavy (non-hydrogen) atoms. The molecular weight excluding hydrogens is 234 g/mol. The average molecular weight is 265 g/mol. The van der Waals surface area contributed by atoms with Gasteiger partial charge < -0.3 is 10.1 Å². The van der Waals surface area contributed by atoms with Crippen LogP contribution in [-0.4, -0.2) is 24.3 Å². The van der Waals surface area contributed by atoms with E-state index in [0.29, 0.717) is 12.1 Å². The first-order valence-electron chi connectivity index (χ1n) is 8.49. The van der Waals surface area contributed by atoms with Crippen molar-refractivity contribution in [2.45, 2.75) is 83.5 Å². The zero-order valence-electron chi connectivity index (χ0n) is 13.0. The van der Waals surface area contributed by atoms with E-state index in [1.54, 1.807) is 0 Å². The van der Waals surface area contributed by atoms with Gasteiger partial charge in [0.25, 0.3) is 0 Å². The molecule has 0 aromatic rings. The van der Waals surface area contributed by atoms with Gasteiger partial charge in [-0.15, -0.1) is 0 Å². The van der Waals surface area contributed by atoms with Crippen LogP contribution in [0.15, 0.2) is 0 Å². The Morgan fingerprint density at radius 1 is 1.11 bits per heavy atom. The fraction of sp³-hybridized carbons (Fsp3) is 1.00. The minimum atomic E-state index is 0.193. The van der Waals surface area contributed by atoms with Crippen LogP contribution in [0.2, 0.25) is 0 Å². The summed E-state index contributed by atoms with van der Waals surface area (Å²) in [6, 6.07) is 0.631. The number of rotatable bonds is 1. The van der Waals surface area contributed by atoms with E-state index in [9.17, 15) is 0 Å². The predicted molar refractivity (Wildman–Crippen MR) is 79.2 cm³/mol. The van der Waals surface area contributed by atoms with Gasteiger partial charge in [-0.25, -0.2) is 0 Å². The maximum Gasteiger partial charge on any atom is 0.0811 e. The van der Waals surface area contributed by atoms with Gasteiger partial charge in [0, 0.05) is 12.6 Å². The molecule has 2 saturated carbocycles.